The fourth-order valence-electron chi connectivity index (χ4n) is 2.57. The van der Waals surface area contributed by atoms with Gasteiger partial charge in [0.15, 0.2) is 0 Å². The zero-order valence-electron chi connectivity index (χ0n) is 15.2. The van der Waals surface area contributed by atoms with Gasteiger partial charge in [0.1, 0.15) is 17.2 Å². The Bertz CT molecular complexity index is 878. The lowest BCUT2D eigenvalue weighted by atomic mass is 10.0. The highest BCUT2D eigenvalue weighted by Crippen LogP contribution is 2.22. The summed E-state index contributed by atoms with van der Waals surface area (Å²) in [7, 11) is 0. The molecule has 0 heterocycles. The van der Waals surface area contributed by atoms with E-state index in [2.05, 4.69) is 10.2 Å². The van der Waals surface area contributed by atoms with Crippen molar-refractivity contribution in [3.8, 4) is 11.5 Å². The van der Waals surface area contributed by atoms with E-state index in [0.29, 0.717) is 17.9 Å². The Morgan fingerprint density at radius 3 is 2.11 bits per heavy atom. The Hall–Kier alpha value is -3.40. The van der Waals surface area contributed by atoms with E-state index < -0.39 is 0 Å². The van der Waals surface area contributed by atoms with Crippen LogP contribution in [0.25, 0.3) is 0 Å². The molecule has 0 atom stereocenters. The largest absolute Gasteiger partial charge is 0.507 e. The molecule has 3 rings (SSSR count). The van der Waals surface area contributed by atoms with E-state index in [1.807, 2.05) is 73.7 Å². The third-order valence-corrected chi connectivity index (χ3v) is 3.92. The van der Waals surface area contributed by atoms with E-state index in [1.54, 1.807) is 18.3 Å². The molecule has 3 aromatic rings. The highest BCUT2D eigenvalue weighted by atomic mass is 16.5. The Labute approximate surface area is 159 Å². The predicted molar refractivity (Wildman–Crippen MR) is 110 cm³/mol. The van der Waals surface area contributed by atoms with Crippen molar-refractivity contribution in [2.45, 2.75) is 13.3 Å². The SMILES string of the molecule is CCCOc1ccc(C=NN=C(c2ccccc2)c2ccccc2)c(O)c1. The standard InChI is InChI=1S/C23H22N2O2/c1-2-15-27-21-14-13-20(22(26)16-21)17-24-25-23(18-9-5-3-6-10-18)19-11-7-4-8-12-19/h3-14,16-17,26H,2,15H2,1H3. The summed E-state index contributed by atoms with van der Waals surface area (Å²) in [6, 6.07) is 25.0. The first-order valence-corrected chi connectivity index (χ1v) is 8.95. The molecule has 0 saturated carbocycles. The van der Waals surface area contributed by atoms with Crippen LogP contribution in [-0.4, -0.2) is 23.6 Å². The molecular formula is C23H22N2O2. The molecule has 27 heavy (non-hydrogen) atoms. The number of rotatable bonds is 7. The average Bonchev–Trinajstić information content (AvgIpc) is 2.72. The van der Waals surface area contributed by atoms with Gasteiger partial charge in [-0.15, -0.1) is 5.10 Å². The van der Waals surface area contributed by atoms with Crippen molar-refractivity contribution < 1.29 is 9.84 Å². The molecule has 0 bridgehead atoms. The van der Waals surface area contributed by atoms with Gasteiger partial charge in [0.25, 0.3) is 0 Å². The smallest absolute Gasteiger partial charge is 0.128 e. The summed E-state index contributed by atoms with van der Waals surface area (Å²) in [5, 5.41) is 18.8. The second-order valence-corrected chi connectivity index (χ2v) is 5.99. The van der Waals surface area contributed by atoms with Gasteiger partial charge < -0.3 is 9.84 Å². The van der Waals surface area contributed by atoms with Crippen LogP contribution in [0.1, 0.15) is 30.0 Å². The highest BCUT2D eigenvalue weighted by Gasteiger charge is 2.06. The molecule has 0 amide bonds. The molecule has 0 aliphatic heterocycles. The maximum Gasteiger partial charge on any atom is 0.128 e. The number of benzene rings is 3. The van der Waals surface area contributed by atoms with Crippen molar-refractivity contribution in [2.75, 3.05) is 6.61 Å². The number of ether oxygens (including phenoxy) is 1. The van der Waals surface area contributed by atoms with E-state index >= 15 is 0 Å². The van der Waals surface area contributed by atoms with E-state index in [-0.39, 0.29) is 5.75 Å². The lowest BCUT2D eigenvalue weighted by Crippen LogP contribution is -2.02. The molecule has 1 N–H and O–H groups in total. The van der Waals surface area contributed by atoms with Gasteiger partial charge in [-0.25, -0.2) is 0 Å². The molecule has 0 aliphatic carbocycles. The molecule has 4 nitrogen and oxygen atoms in total. The van der Waals surface area contributed by atoms with Gasteiger partial charge in [-0.2, -0.15) is 5.10 Å². The second-order valence-electron chi connectivity index (χ2n) is 5.99. The van der Waals surface area contributed by atoms with Crippen LogP contribution in [0, 0.1) is 0 Å². The zero-order valence-corrected chi connectivity index (χ0v) is 15.2. The second kappa shape index (κ2) is 9.34. The van der Waals surface area contributed by atoms with Gasteiger partial charge in [0.05, 0.1) is 12.8 Å². The average molecular weight is 358 g/mol. The number of phenolic OH excluding ortho intramolecular Hbond substituents is 1. The van der Waals surface area contributed by atoms with Crippen molar-refractivity contribution >= 4 is 11.9 Å². The molecule has 3 aromatic carbocycles. The van der Waals surface area contributed by atoms with E-state index in [4.69, 9.17) is 4.74 Å². The molecule has 0 unspecified atom stereocenters. The monoisotopic (exact) mass is 358 g/mol. The number of aromatic hydroxyl groups is 1. The molecule has 136 valence electrons. The summed E-state index contributed by atoms with van der Waals surface area (Å²) in [4.78, 5) is 0. The summed E-state index contributed by atoms with van der Waals surface area (Å²) in [6.45, 7) is 2.66. The fourth-order valence-corrected chi connectivity index (χ4v) is 2.57. The molecule has 0 spiro atoms. The summed E-state index contributed by atoms with van der Waals surface area (Å²) in [5.41, 5.74) is 3.32. The molecule has 0 saturated heterocycles. The minimum absolute atomic E-state index is 0.114. The quantitative estimate of drug-likeness (QED) is 0.474. The molecule has 0 aromatic heterocycles. The van der Waals surface area contributed by atoms with Crippen LogP contribution in [-0.2, 0) is 0 Å². The third-order valence-electron chi connectivity index (χ3n) is 3.92. The number of hydrogen-bond acceptors (Lipinski definition) is 4. The highest BCUT2D eigenvalue weighted by molar-refractivity contribution is 6.12. The fraction of sp³-hybridized carbons (Fsp3) is 0.130. The molecule has 4 heteroatoms. The number of phenols is 1. The predicted octanol–water partition coefficient (Wildman–Crippen LogP) is 5.05. The zero-order chi connectivity index (χ0) is 18.9. The third kappa shape index (κ3) is 5.05. The lowest BCUT2D eigenvalue weighted by Gasteiger charge is -2.06. The van der Waals surface area contributed by atoms with Crippen molar-refractivity contribution in [3.63, 3.8) is 0 Å². The van der Waals surface area contributed by atoms with Crippen molar-refractivity contribution in [3.05, 3.63) is 95.6 Å². The normalized spacial score (nSPS) is 10.7. The van der Waals surface area contributed by atoms with Crippen molar-refractivity contribution in [1.82, 2.24) is 0 Å². The van der Waals surface area contributed by atoms with Gasteiger partial charge in [-0.05, 0) is 18.6 Å². The van der Waals surface area contributed by atoms with Gasteiger partial charge in [-0.3, -0.25) is 0 Å². The van der Waals surface area contributed by atoms with Crippen LogP contribution >= 0.6 is 0 Å². The Morgan fingerprint density at radius 2 is 1.56 bits per heavy atom. The summed E-state index contributed by atoms with van der Waals surface area (Å²) >= 11 is 0. The van der Waals surface area contributed by atoms with Crippen LogP contribution < -0.4 is 4.74 Å². The molecule has 0 fully saturated rings. The van der Waals surface area contributed by atoms with Crippen molar-refractivity contribution in [1.29, 1.82) is 0 Å². The van der Waals surface area contributed by atoms with Gasteiger partial charge in [-0.1, -0.05) is 67.6 Å². The molecular weight excluding hydrogens is 336 g/mol. The minimum atomic E-state index is 0.114. The number of nitrogens with zero attached hydrogens (tertiary/aromatic N) is 2. The summed E-state index contributed by atoms with van der Waals surface area (Å²) < 4.78 is 5.52. The maximum atomic E-state index is 10.2. The minimum Gasteiger partial charge on any atom is -0.507 e. The van der Waals surface area contributed by atoms with Gasteiger partial charge >= 0.3 is 0 Å². The summed E-state index contributed by atoms with van der Waals surface area (Å²) in [5.74, 6) is 0.757. The maximum absolute atomic E-state index is 10.2. The summed E-state index contributed by atoms with van der Waals surface area (Å²) in [6.07, 6.45) is 2.46. The molecule has 0 radical (unpaired) electrons. The van der Waals surface area contributed by atoms with Crippen LogP contribution in [0.2, 0.25) is 0 Å². The van der Waals surface area contributed by atoms with Crippen LogP contribution in [0.4, 0.5) is 0 Å². The van der Waals surface area contributed by atoms with E-state index in [9.17, 15) is 5.11 Å². The van der Waals surface area contributed by atoms with E-state index in [1.165, 1.54) is 0 Å². The van der Waals surface area contributed by atoms with Crippen LogP contribution in [0.3, 0.4) is 0 Å². The van der Waals surface area contributed by atoms with Crippen LogP contribution in [0.15, 0.2) is 89.1 Å². The topological polar surface area (TPSA) is 54.2 Å². The van der Waals surface area contributed by atoms with Gasteiger partial charge in [0.2, 0.25) is 0 Å². The number of hydrogen-bond donors (Lipinski definition) is 1. The Kier molecular flexibility index (Phi) is 6.36. The Morgan fingerprint density at radius 1 is 0.926 bits per heavy atom. The Balaban J connectivity index is 1.86. The first-order valence-electron chi connectivity index (χ1n) is 8.95. The van der Waals surface area contributed by atoms with Crippen LogP contribution in [0.5, 0.6) is 11.5 Å². The van der Waals surface area contributed by atoms with E-state index in [0.717, 1.165) is 23.3 Å². The van der Waals surface area contributed by atoms with Crippen molar-refractivity contribution in [2.24, 2.45) is 10.2 Å². The first-order chi connectivity index (χ1) is 13.3. The lowest BCUT2D eigenvalue weighted by molar-refractivity contribution is 0.315. The first kappa shape index (κ1) is 18.4. The van der Waals surface area contributed by atoms with Gasteiger partial charge in [0, 0.05) is 22.8 Å². The molecule has 0 aliphatic rings.